The number of benzene rings is 2. The van der Waals surface area contributed by atoms with Gasteiger partial charge >= 0.3 is 24.4 Å². The molecule has 0 saturated carbocycles. The zero-order valence-electron chi connectivity index (χ0n) is 43.9. The van der Waals surface area contributed by atoms with E-state index in [1.807, 2.05) is 17.4 Å². The predicted octanol–water partition coefficient (Wildman–Crippen LogP) is 7.25. The van der Waals surface area contributed by atoms with Crippen molar-refractivity contribution in [3.63, 3.8) is 0 Å². The van der Waals surface area contributed by atoms with Crippen LogP contribution in [-0.4, -0.2) is 145 Å². The van der Waals surface area contributed by atoms with Crippen molar-refractivity contribution < 1.29 is 64.8 Å². The van der Waals surface area contributed by atoms with Crippen molar-refractivity contribution in [3.8, 4) is 23.1 Å². The lowest BCUT2D eigenvalue weighted by atomic mass is 9.75. The fraction of sp³-hybridized carbons (Fsp3) is 0.491. The lowest BCUT2D eigenvalue weighted by Gasteiger charge is -2.47. The zero-order valence-corrected chi connectivity index (χ0v) is 44.6. The average Bonchev–Trinajstić information content (AvgIpc) is 3.66. The number of halogens is 7. The van der Waals surface area contributed by atoms with E-state index >= 15 is 0 Å². The Balaban J connectivity index is 1.16. The quantitative estimate of drug-likeness (QED) is 0.0319. The van der Waals surface area contributed by atoms with E-state index in [4.69, 9.17) is 21.3 Å². The number of hydrogen-bond acceptors (Lipinski definition) is 13. The molecule has 3 aliphatic rings. The molecule has 2 bridgehead atoms. The maximum absolute atomic E-state index is 14.6. The Bertz CT molecular complexity index is 2800. The maximum atomic E-state index is 14.6. The van der Waals surface area contributed by atoms with Crippen molar-refractivity contribution in [2.45, 2.75) is 109 Å². The molecule has 3 aliphatic heterocycles. The molecule has 4 aromatic rings. The van der Waals surface area contributed by atoms with Gasteiger partial charge < -0.3 is 34.9 Å². The number of aliphatic hydroxyl groups is 1. The topological polar surface area (TPSA) is 188 Å². The smallest absolute Gasteiger partial charge is 0.407 e. The van der Waals surface area contributed by atoms with Gasteiger partial charge in [-0.2, -0.15) is 26.3 Å². The molecule has 6 atom stereocenters. The molecule has 3 saturated heterocycles. The molecule has 5 heterocycles. The molecular formula is C55H63ClF6N8O8. The second-order valence-electron chi connectivity index (χ2n) is 20.9. The minimum atomic E-state index is -5.07. The zero-order chi connectivity index (χ0) is 56.7. The monoisotopic (exact) mass is 1110 g/mol. The number of carbonyl (C=O) groups is 4. The molecule has 7 rings (SSSR count). The minimum Gasteiger partial charge on any atom is -0.469 e. The van der Waals surface area contributed by atoms with E-state index in [1.165, 1.54) is 0 Å². The van der Waals surface area contributed by atoms with Gasteiger partial charge in [-0.15, -0.1) is 0 Å². The van der Waals surface area contributed by atoms with E-state index < -0.39 is 90.7 Å². The Morgan fingerprint density at radius 1 is 0.821 bits per heavy atom. The van der Waals surface area contributed by atoms with Gasteiger partial charge in [-0.05, 0) is 86.7 Å². The largest absolute Gasteiger partial charge is 0.469 e. The molecule has 0 radical (unpaired) electrons. The molecular weight excluding hydrogens is 1050 g/mol. The first-order chi connectivity index (χ1) is 36.8. The second-order valence-corrected chi connectivity index (χ2v) is 21.3. The number of pyridine rings is 2. The van der Waals surface area contributed by atoms with E-state index in [0.29, 0.717) is 59.9 Å². The molecule has 2 aromatic heterocycles. The van der Waals surface area contributed by atoms with Gasteiger partial charge in [0.25, 0.3) is 0 Å². The number of esters is 1. The SMILES string of the molecule is COC(=O)C[C@H](C(=O)NN(Cc1ccc(-c2ccccn2)cc1Cl)C[C@H](O)[C@H](Cc1ccc(C#Cc2ccc(N3CC4CCC(C3)N4C3COC3)nc2)cc1)NC(=O)[C@@H](NC(=O)OC)C(C)(C)C(F)(F)F)C(C)(C)C(F)(F)F. The molecule has 78 heavy (non-hydrogen) atoms. The van der Waals surface area contributed by atoms with Gasteiger partial charge in [0.2, 0.25) is 11.8 Å². The van der Waals surface area contributed by atoms with Crippen LogP contribution in [0.25, 0.3) is 11.3 Å². The highest BCUT2D eigenvalue weighted by molar-refractivity contribution is 6.31. The molecule has 2 aromatic carbocycles. The van der Waals surface area contributed by atoms with Gasteiger partial charge in [0.05, 0.1) is 74.5 Å². The van der Waals surface area contributed by atoms with Crippen LogP contribution in [-0.2, 0) is 41.6 Å². The van der Waals surface area contributed by atoms with E-state index in [0.717, 1.165) is 78.0 Å². The van der Waals surface area contributed by atoms with E-state index in [9.17, 15) is 50.6 Å². The number of nitrogens with zero attached hydrogens (tertiary/aromatic N) is 5. The number of hydrogen-bond donors (Lipinski definition) is 4. The first-order valence-electron chi connectivity index (χ1n) is 25.2. The summed E-state index contributed by atoms with van der Waals surface area (Å²) in [5.74, 6) is 1.14. The molecule has 420 valence electrons. The third kappa shape index (κ3) is 14.0. The summed E-state index contributed by atoms with van der Waals surface area (Å²) in [7, 11) is 1.84. The predicted molar refractivity (Wildman–Crippen MR) is 276 cm³/mol. The number of aliphatic hydroxyl groups excluding tert-OH is 1. The summed E-state index contributed by atoms with van der Waals surface area (Å²) < 4.78 is 102. The number of ether oxygens (including phenoxy) is 3. The first-order valence-corrected chi connectivity index (χ1v) is 25.6. The fourth-order valence-electron chi connectivity index (χ4n) is 9.78. The van der Waals surface area contributed by atoms with Crippen LogP contribution in [0.5, 0.6) is 0 Å². The average molecular weight is 1110 g/mol. The van der Waals surface area contributed by atoms with Crippen LogP contribution in [0, 0.1) is 28.6 Å². The summed E-state index contributed by atoms with van der Waals surface area (Å²) in [6, 6.07) is 17.8. The normalized spacial score (nSPS) is 18.6. The summed E-state index contributed by atoms with van der Waals surface area (Å²) in [5.41, 5.74) is -0.286. The highest BCUT2D eigenvalue weighted by Gasteiger charge is 2.57. The van der Waals surface area contributed by atoms with E-state index in [-0.39, 0.29) is 17.0 Å². The maximum Gasteiger partial charge on any atom is 0.407 e. The minimum absolute atomic E-state index is 0.108. The van der Waals surface area contributed by atoms with Gasteiger partial charge in [0.15, 0.2) is 0 Å². The van der Waals surface area contributed by atoms with Crippen molar-refractivity contribution in [3.05, 3.63) is 112 Å². The lowest BCUT2D eigenvalue weighted by Crippen LogP contribution is -2.62. The van der Waals surface area contributed by atoms with Crippen molar-refractivity contribution in [2.24, 2.45) is 16.7 Å². The number of anilines is 1. The molecule has 3 amide bonds. The summed E-state index contributed by atoms with van der Waals surface area (Å²) in [6.45, 7) is 5.05. The Labute approximate surface area is 453 Å². The number of alkyl carbamates (subject to hydrolysis) is 1. The van der Waals surface area contributed by atoms with Crippen LogP contribution in [0.15, 0.2) is 85.2 Å². The van der Waals surface area contributed by atoms with Crippen LogP contribution in [0.2, 0.25) is 5.02 Å². The van der Waals surface area contributed by atoms with Crippen LogP contribution in [0.1, 0.15) is 69.2 Å². The highest BCUT2D eigenvalue weighted by Crippen LogP contribution is 2.46. The van der Waals surface area contributed by atoms with Crippen LogP contribution >= 0.6 is 11.6 Å². The number of hydrazine groups is 1. The van der Waals surface area contributed by atoms with Crippen molar-refractivity contribution >= 4 is 41.3 Å². The second kappa shape index (κ2) is 24.7. The first kappa shape index (κ1) is 59.2. The number of piperazine rings is 1. The van der Waals surface area contributed by atoms with Gasteiger partial charge in [-0.3, -0.25) is 29.7 Å². The Morgan fingerprint density at radius 2 is 1.47 bits per heavy atom. The lowest BCUT2D eigenvalue weighted by molar-refractivity contribution is -0.231. The standard InChI is InChI=1S/C55H63ClF6N8O8/c1-52(2,54(57,58)59)41(25-47(72)76-5)49(73)67-69(27-37-18-17-36(24-42(37)56)43-9-7-8-22-63-43)30-45(71)44(65-50(74)48(66-51(75)77-6)53(3,4)55(60,61)62)23-34-13-10-33(11-14-34)12-15-35-16-21-46(64-26-35)68-28-38-19-20-39(29-68)70(38)40-31-78-32-40/h7-11,13-14,16-18,21-22,24,26,38-41,44-45,48,71H,19-20,23,25,27-32H2,1-6H3,(H,65,74)(H,66,75)(H,67,73)/t38?,39?,41-,44+,45+,48-/m1/s1. The number of aromatic nitrogens is 2. The molecule has 3 fully saturated rings. The van der Waals surface area contributed by atoms with Crippen LogP contribution < -0.4 is 21.0 Å². The van der Waals surface area contributed by atoms with Crippen molar-refractivity contribution in [2.75, 3.05) is 52.0 Å². The molecule has 2 unspecified atom stereocenters. The molecule has 0 aliphatic carbocycles. The number of alkyl halides is 6. The third-order valence-corrected chi connectivity index (χ3v) is 15.3. The summed E-state index contributed by atoms with van der Waals surface area (Å²) in [4.78, 5) is 67.2. The molecule has 16 nitrogen and oxygen atoms in total. The number of methoxy groups -OCH3 is 2. The molecule has 4 N–H and O–H groups in total. The number of amides is 3. The van der Waals surface area contributed by atoms with Crippen molar-refractivity contribution in [1.29, 1.82) is 0 Å². The van der Waals surface area contributed by atoms with Crippen LogP contribution in [0.4, 0.5) is 37.0 Å². The van der Waals surface area contributed by atoms with Crippen LogP contribution in [0.3, 0.4) is 0 Å². The number of rotatable bonds is 19. The van der Waals surface area contributed by atoms with Gasteiger partial charge in [0, 0.05) is 72.4 Å². The summed E-state index contributed by atoms with van der Waals surface area (Å²) >= 11 is 6.77. The number of fused-ring (bicyclic) bond motifs is 2. The third-order valence-electron chi connectivity index (χ3n) is 14.9. The van der Waals surface area contributed by atoms with E-state index in [1.54, 1.807) is 73.1 Å². The van der Waals surface area contributed by atoms with Gasteiger partial charge in [-0.25, -0.2) is 14.8 Å². The van der Waals surface area contributed by atoms with Crippen molar-refractivity contribution in [1.82, 2.24) is 35.9 Å². The molecule has 0 spiro atoms. The summed E-state index contributed by atoms with van der Waals surface area (Å²) in [5, 5.41) is 17.7. The van der Waals surface area contributed by atoms with Gasteiger partial charge in [0.1, 0.15) is 11.9 Å². The van der Waals surface area contributed by atoms with E-state index in [2.05, 4.69) is 46.8 Å². The Morgan fingerprint density at radius 3 is 2.03 bits per heavy atom. The number of nitrogens with one attached hydrogen (secondary N) is 3. The highest BCUT2D eigenvalue weighted by atomic mass is 35.5. The summed E-state index contributed by atoms with van der Waals surface area (Å²) in [6.07, 6.45) is -9.06. The molecule has 23 heteroatoms. The van der Waals surface area contributed by atoms with Gasteiger partial charge in [-0.1, -0.05) is 67.6 Å². The Hall–Kier alpha value is -6.51. The fourth-order valence-corrected chi connectivity index (χ4v) is 10.0. The Kier molecular flexibility index (Phi) is 18.7. The number of carbonyl (C=O) groups excluding carboxylic acids is 4.